The van der Waals surface area contributed by atoms with E-state index < -0.39 is 0 Å². The van der Waals surface area contributed by atoms with Crippen molar-refractivity contribution >= 4 is 22.6 Å². The number of allylic oxidation sites excluding steroid dienone is 2. The molecule has 4 heteroatoms. The first kappa shape index (κ1) is 20.8. The van der Waals surface area contributed by atoms with Crippen molar-refractivity contribution in [3.63, 3.8) is 0 Å². The normalized spacial score (nSPS) is 14.7. The third kappa shape index (κ3) is 5.22. The molecular formula is C23H20IrNO2-. The predicted molar refractivity (Wildman–Crippen MR) is 104 cm³/mol. The number of para-hydroxylation sites is 1. The van der Waals surface area contributed by atoms with E-state index in [0.29, 0.717) is 0 Å². The summed E-state index contributed by atoms with van der Waals surface area (Å²) in [6.07, 6.45) is 3.38. The fourth-order valence-electron chi connectivity index (χ4n) is 2.98. The molecule has 3 nitrogen and oxygen atoms in total. The van der Waals surface area contributed by atoms with Crippen LogP contribution in [-0.2, 0) is 24.9 Å². The van der Waals surface area contributed by atoms with Crippen LogP contribution in [0.1, 0.15) is 25.5 Å². The van der Waals surface area contributed by atoms with Crippen LogP contribution >= 0.6 is 0 Å². The number of hydrogen-bond donors (Lipinski definition) is 1. The molecule has 3 aromatic carbocycles. The summed E-state index contributed by atoms with van der Waals surface area (Å²) in [4.78, 5) is 14.8. The number of carbonyl (C=O) groups excluding carboxylic acids is 1. The van der Waals surface area contributed by atoms with Crippen molar-refractivity contribution in [2.45, 2.75) is 19.9 Å². The molecule has 0 amide bonds. The average molecular weight is 535 g/mol. The van der Waals surface area contributed by atoms with Crippen molar-refractivity contribution < 1.29 is 30.0 Å². The first-order valence-corrected chi connectivity index (χ1v) is 8.46. The molecule has 0 saturated heterocycles. The summed E-state index contributed by atoms with van der Waals surface area (Å²) in [7, 11) is 0. The number of aliphatic hydroxyl groups is 1. The standard InChI is InChI=1S/C18H12N.C5H8O2.Ir/c1-3-9-15-13(6-1)8-5-10-16(15)18-12-14-7-2-4-11-17(14)19-18;1-4(6)3-5(2)7;/h1-9,11-12,18H;3,6H,1-2H3;/q-1;;/b;4-3-;. The fraction of sp³-hybridized carbons (Fsp3) is 0.130. The molecule has 0 aromatic heterocycles. The molecule has 1 unspecified atom stereocenters. The van der Waals surface area contributed by atoms with Gasteiger partial charge in [0.1, 0.15) is 0 Å². The van der Waals surface area contributed by atoms with Crippen LogP contribution in [0.25, 0.3) is 16.8 Å². The van der Waals surface area contributed by atoms with Crippen LogP contribution in [0.3, 0.4) is 0 Å². The monoisotopic (exact) mass is 535 g/mol. The van der Waals surface area contributed by atoms with Crippen LogP contribution in [0.2, 0.25) is 0 Å². The third-order valence-corrected chi connectivity index (χ3v) is 4.01. The number of rotatable bonds is 2. The minimum atomic E-state index is -0.125. The molecule has 0 fully saturated rings. The Morgan fingerprint density at radius 1 is 1.07 bits per heavy atom. The van der Waals surface area contributed by atoms with Gasteiger partial charge in [0.15, 0.2) is 5.78 Å². The van der Waals surface area contributed by atoms with E-state index in [-0.39, 0.29) is 37.7 Å². The Bertz CT molecular complexity index is 1060. The second kappa shape index (κ2) is 9.40. The molecule has 0 aliphatic carbocycles. The molecule has 3 aromatic rings. The van der Waals surface area contributed by atoms with Gasteiger partial charge in [-0.15, -0.1) is 22.4 Å². The van der Waals surface area contributed by atoms with Crippen LogP contribution in [0.4, 0.5) is 0 Å². The quantitative estimate of drug-likeness (QED) is 0.309. The summed E-state index contributed by atoms with van der Waals surface area (Å²) in [6, 6.07) is 24.2. The van der Waals surface area contributed by atoms with Gasteiger partial charge >= 0.3 is 0 Å². The van der Waals surface area contributed by atoms with E-state index in [1.807, 2.05) is 12.1 Å². The zero-order chi connectivity index (χ0) is 18.5. The molecule has 1 heterocycles. The Kier molecular flexibility index (Phi) is 7.23. The maximum Gasteiger partial charge on any atom is 0.155 e. The van der Waals surface area contributed by atoms with E-state index in [9.17, 15) is 4.79 Å². The van der Waals surface area contributed by atoms with Gasteiger partial charge in [-0.2, -0.15) is 18.2 Å². The summed E-state index contributed by atoms with van der Waals surface area (Å²) in [5, 5.41) is 13.1. The van der Waals surface area contributed by atoms with Gasteiger partial charge in [0.05, 0.1) is 17.2 Å². The summed E-state index contributed by atoms with van der Waals surface area (Å²) < 4.78 is 0. The molecule has 1 radical (unpaired) electrons. The summed E-state index contributed by atoms with van der Waals surface area (Å²) in [5.41, 5.74) is 1.16. The van der Waals surface area contributed by atoms with Crippen LogP contribution in [0.15, 0.2) is 77.5 Å². The van der Waals surface area contributed by atoms with E-state index in [4.69, 9.17) is 10.1 Å². The van der Waals surface area contributed by atoms with Crippen molar-refractivity contribution in [3.05, 3.63) is 94.7 Å². The van der Waals surface area contributed by atoms with E-state index in [0.717, 1.165) is 10.9 Å². The van der Waals surface area contributed by atoms with Crippen LogP contribution in [0, 0.1) is 6.07 Å². The minimum Gasteiger partial charge on any atom is -0.512 e. The maximum absolute atomic E-state index is 10.0. The number of aliphatic hydroxyl groups excluding tert-OH is 1. The van der Waals surface area contributed by atoms with E-state index in [2.05, 4.69) is 60.7 Å². The van der Waals surface area contributed by atoms with Gasteiger partial charge in [0, 0.05) is 26.2 Å². The number of ketones is 1. The van der Waals surface area contributed by atoms with Crippen molar-refractivity contribution in [1.29, 1.82) is 0 Å². The molecule has 1 N–H and O–H groups in total. The summed E-state index contributed by atoms with van der Waals surface area (Å²) in [6.45, 7) is 2.85. The van der Waals surface area contributed by atoms with Gasteiger partial charge in [-0.25, -0.2) is 0 Å². The second-order valence-electron chi connectivity index (χ2n) is 6.17. The summed E-state index contributed by atoms with van der Waals surface area (Å²) in [5.74, 6) is -0.0625. The van der Waals surface area contributed by atoms with Crippen LogP contribution < -0.4 is 10.6 Å². The molecule has 139 valence electrons. The van der Waals surface area contributed by atoms with Crippen LogP contribution in [-0.4, -0.2) is 10.9 Å². The van der Waals surface area contributed by atoms with E-state index in [1.54, 1.807) is 0 Å². The summed E-state index contributed by atoms with van der Waals surface area (Å²) >= 11 is 0. The Labute approximate surface area is 172 Å². The van der Waals surface area contributed by atoms with Crippen LogP contribution in [0.5, 0.6) is 0 Å². The molecule has 4 rings (SSSR count). The second-order valence-corrected chi connectivity index (χ2v) is 6.17. The number of carbonyl (C=O) groups is 1. The van der Waals surface area contributed by atoms with Crippen molar-refractivity contribution in [2.24, 2.45) is 4.99 Å². The fourth-order valence-corrected chi connectivity index (χ4v) is 2.98. The SMILES string of the molecule is CC(=O)/C=C(/C)O.[Ir].[c-]1ccc2ccccc2c1C1C=c2ccccc2=N1. The van der Waals surface area contributed by atoms with Crippen molar-refractivity contribution in [2.75, 3.05) is 0 Å². The van der Waals surface area contributed by atoms with Gasteiger partial charge in [-0.3, -0.25) is 9.79 Å². The first-order chi connectivity index (χ1) is 12.5. The number of benzene rings is 3. The number of fused-ring (bicyclic) bond motifs is 2. The van der Waals surface area contributed by atoms with E-state index in [1.165, 1.54) is 35.9 Å². The first-order valence-electron chi connectivity index (χ1n) is 8.46. The molecule has 27 heavy (non-hydrogen) atoms. The van der Waals surface area contributed by atoms with Crippen molar-refractivity contribution in [3.8, 4) is 0 Å². The predicted octanol–water partition coefficient (Wildman–Crippen LogP) is 3.83. The number of nitrogens with zero attached hydrogens (tertiary/aromatic N) is 1. The average Bonchev–Trinajstić information content (AvgIpc) is 3.04. The minimum absolute atomic E-state index is 0. The third-order valence-electron chi connectivity index (χ3n) is 4.01. The Hall–Kier alpha value is -2.55. The van der Waals surface area contributed by atoms with Gasteiger partial charge in [0.2, 0.25) is 0 Å². The maximum atomic E-state index is 10.0. The molecule has 1 aliphatic rings. The molecule has 1 atom stereocenters. The number of hydrogen-bond acceptors (Lipinski definition) is 3. The molecule has 1 aliphatic heterocycles. The topological polar surface area (TPSA) is 49.7 Å². The zero-order valence-corrected chi connectivity index (χ0v) is 17.5. The van der Waals surface area contributed by atoms with Gasteiger partial charge in [0.25, 0.3) is 0 Å². The molecule has 0 saturated carbocycles. The zero-order valence-electron chi connectivity index (χ0n) is 15.1. The van der Waals surface area contributed by atoms with E-state index >= 15 is 0 Å². The van der Waals surface area contributed by atoms with Gasteiger partial charge < -0.3 is 5.11 Å². The molecule has 0 spiro atoms. The Balaban J connectivity index is 0.000000285. The van der Waals surface area contributed by atoms with Gasteiger partial charge in [-0.05, 0) is 31.2 Å². The van der Waals surface area contributed by atoms with Crippen molar-refractivity contribution in [1.82, 2.24) is 0 Å². The van der Waals surface area contributed by atoms with Gasteiger partial charge in [-0.1, -0.05) is 36.4 Å². The molecule has 0 bridgehead atoms. The Morgan fingerprint density at radius 2 is 1.78 bits per heavy atom. The smallest absolute Gasteiger partial charge is 0.155 e. The Morgan fingerprint density at radius 3 is 2.44 bits per heavy atom. The largest absolute Gasteiger partial charge is 0.512 e. The molecular weight excluding hydrogens is 514 g/mol.